The summed E-state index contributed by atoms with van der Waals surface area (Å²) in [4.78, 5) is 0. The lowest BCUT2D eigenvalue weighted by Gasteiger charge is -2.21. The molecular weight excluding hydrogens is 396 g/mol. The van der Waals surface area contributed by atoms with Crippen molar-refractivity contribution in [2.24, 2.45) is 0 Å². The van der Waals surface area contributed by atoms with Crippen LogP contribution in [0.15, 0.2) is 115 Å². The molecule has 6 aromatic rings. The average molecular weight is 423 g/mol. The first kappa shape index (κ1) is 19.8. The van der Waals surface area contributed by atoms with Crippen molar-refractivity contribution >= 4 is 32.3 Å². The monoisotopic (exact) mass is 422 g/mol. The van der Waals surface area contributed by atoms with Crippen LogP contribution >= 0.6 is 0 Å². The zero-order chi connectivity index (χ0) is 22.4. The van der Waals surface area contributed by atoms with E-state index in [1.165, 1.54) is 60.1 Å². The predicted octanol–water partition coefficient (Wildman–Crippen LogP) is 9.60. The zero-order valence-corrected chi connectivity index (χ0v) is 19.0. The molecule has 0 heterocycles. The first-order chi connectivity index (χ1) is 16.2. The Balaban J connectivity index is 1.78. The van der Waals surface area contributed by atoms with E-state index < -0.39 is 0 Å². The summed E-state index contributed by atoms with van der Waals surface area (Å²) < 4.78 is 0. The molecule has 0 aromatic heterocycles. The van der Waals surface area contributed by atoms with Gasteiger partial charge in [0.25, 0.3) is 0 Å². The van der Waals surface area contributed by atoms with Gasteiger partial charge in [0.1, 0.15) is 0 Å². The van der Waals surface area contributed by atoms with Crippen LogP contribution in [0.25, 0.3) is 54.6 Å². The average Bonchev–Trinajstić information content (AvgIpc) is 2.86. The highest BCUT2D eigenvalue weighted by atomic mass is 14.2. The van der Waals surface area contributed by atoms with Gasteiger partial charge in [0.2, 0.25) is 0 Å². The predicted molar refractivity (Wildman–Crippen MR) is 144 cm³/mol. The van der Waals surface area contributed by atoms with Crippen molar-refractivity contribution in [2.45, 2.75) is 19.8 Å². The minimum atomic E-state index is 0.446. The van der Waals surface area contributed by atoms with Crippen LogP contribution in [0.2, 0.25) is 0 Å². The number of benzene rings is 6. The number of fused-ring (bicyclic) bond motifs is 3. The Morgan fingerprint density at radius 3 is 1.48 bits per heavy atom. The van der Waals surface area contributed by atoms with Crippen LogP contribution in [0.1, 0.15) is 25.3 Å². The molecule has 0 amide bonds. The SMILES string of the molecule is CC(C)c1c2ccccc2c(-c2ccccc2-c2cccc3ccccc23)c2ccccc12. The van der Waals surface area contributed by atoms with Crippen LogP contribution in [-0.2, 0) is 0 Å². The summed E-state index contributed by atoms with van der Waals surface area (Å²) in [5.74, 6) is 0.446. The minimum Gasteiger partial charge on any atom is -0.0616 e. The van der Waals surface area contributed by atoms with Crippen molar-refractivity contribution in [3.8, 4) is 22.3 Å². The molecule has 0 N–H and O–H groups in total. The number of hydrogen-bond donors (Lipinski definition) is 0. The zero-order valence-electron chi connectivity index (χ0n) is 19.0. The Kier molecular flexibility index (Phi) is 4.73. The number of rotatable bonds is 3. The molecule has 0 aliphatic carbocycles. The second kappa shape index (κ2) is 7.90. The molecule has 0 spiro atoms. The standard InChI is InChI=1S/C33H26/c1-22(2)32-28-17-7-9-19-30(28)33(31-20-10-8-18-29(31)32)27-16-6-5-15-26(27)25-21-11-13-23-12-3-4-14-24(23)25/h3-22H,1-2H3. The summed E-state index contributed by atoms with van der Waals surface area (Å²) in [5.41, 5.74) is 6.62. The largest absolute Gasteiger partial charge is 0.0616 e. The summed E-state index contributed by atoms with van der Waals surface area (Å²) in [7, 11) is 0. The molecule has 33 heavy (non-hydrogen) atoms. The van der Waals surface area contributed by atoms with E-state index in [1.807, 2.05) is 0 Å². The Labute approximate surface area is 195 Å². The molecule has 0 atom stereocenters. The fourth-order valence-corrected chi connectivity index (χ4v) is 5.47. The van der Waals surface area contributed by atoms with E-state index in [-0.39, 0.29) is 0 Å². The van der Waals surface area contributed by atoms with Crippen LogP contribution in [0, 0.1) is 0 Å². The Hall–Kier alpha value is -3.90. The lowest BCUT2D eigenvalue weighted by molar-refractivity contribution is 0.885. The third-order valence-corrected chi connectivity index (χ3v) is 6.83. The van der Waals surface area contributed by atoms with Gasteiger partial charge in [-0.1, -0.05) is 129 Å². The topological polar surface area (TPSA) is 0 Å². The van der Waals surface area contributed by atoms with E-state index in [0.717, 1.165) is 0 Å². The summed E-state index contributed by atoms with van der Waals surface area (Å²) >= 11 is 0. The fraction of sp³-hybridized carbons (Fsp3) is 0.0909. The molecule has 0 unspecified atom stereocenters. The summed E-state index contributed by atoms with van der Waals surface area (Å²) in [6, 6.07) is 42.1. The Bertz CT molecular complexity index is 1570. The van der Waals surface area contributed by atoms with Gasteiger partial charge in [-0.05, 0) is 66.1 Å². The van der Waals surface area contributed by atoms with Gasteiger partial charge in [0.15, 0.2) is 0 Å². The van der Waals surface area contributed by atoms with Crippen LogP contribution < -0.4 is 0 Å². The van der Waals surface area contributed by atoms with Gasteiger partial charge in [0.05, 0.1) is 0 Å². The maximum Gasteiger partial charge on any atom is -0.00204 e. The normalized spacial score (nSPS) is 11.6. The van der Waals surface area contributed by atoms with Crippen LogP contribution in [-0.4, -0.2) is 0 Å². The van der Waals surface area contributed by atoms with Gasteiger partial charge in [-0.3, -0.25) is 0 Å². The molecule has 0 nitrogen and oxygen atoms in total. The molecule has 0 heteroatoms. The van der Waals surface area contributed by atoms with Gasteiger partial charge in [-0.15, -0.1) is 0 Å². The highest BCUT2D eigenvalue weighted by Gasteiger charge is 2.19. The van der Waals surface area contributed by atoms with Crippen LogP contribution in [0.3, 0.4) is 0 Å². The molecule has 0 bridgehead atoms. The van der Waals surface area contributed by atoms with E-state index in [9.17, 15) is 0 Å². The van der Waals surface area contributed by atoms with Gasteiger partial charge in [-0.2, -0.15) is 0 Å². The lowest BCUT2D eigenvalue weighted by atomic mass is 9.82. The van der Waals surface area contributed by atoms with E-state index in [1.54, 1.807) is 0 Å². The molecule has 6 aromatic carbocycles. The van der Waals surface area contributed by atoms with E-state index in [4.69, 9.17) is 0 Å². The third-order valence-electron chi connectivity index (χ3n) is 6.83. The third kappa shape index (κ3) is 3.14. The van der Waals surface area contributed by atoms with E-state index >= 15 is 0 Å². The summed E-state index contributed by atoms with van der Waals surface area (Å²) in [6.07, 6.45) is 0. The van der Waals surface area contributed by atoms with E-state index in [2.05, 4.69) is 129 Å². The first-order valence-electron chi connectivity index (χ1n) is 11.7. The number of hydrogen-bond acceptors (Lipinski definition) is 0. The molecule has 0 aliphatic heterocycles. The van der Waals surface area contributed by atoms with Crippen LogP contribution in [0.4, 0.5) is 0 Å². The summed E-state index contributed by atoms with van der Waals surface area (Å²) in [5, 5.41) is 7.93. The molecule has 0 radical (unpaired) electrons. The maximum absolute atomic E-state index is 2.30. The maximum atomic E-state index is 2.30. The van der Waals surface area contributed by atoms with Gasteiger partial charge >= 0.3 is 0 Å². The fourth-order valence-electron chi connectivity index (χ4n) is 5.47. The van der Waals surface area contributed by atoms with Crippen molar-refractivity contribution in [1.29, 1.82) is 0 Å². The highest BCUT2D eigenvalue weighted by molar-refractivity contribution is 6.17. The second-order valence-electron chi connectivity index (χ2n) is 9.11. The first-order valence-corrected chi connectivity index (χ1v) is 11.7. The molecule has 158 valence electrons. The lowest BCUT2D eigenvalue weighted by Crippen LogP contribution is -1.96. The summed E-state index contributed by atoms with van der Waals surface area (Å²) in [6.45, 7) is 4.61. The van der Waals surface area contributed by atoms with Gasteiger partial charge in [-0.25, -0.2) is 0 Å². The van der Waals surface area contributed by atoms with Gasteiger partial charge in [0, 0.05) is 0 Å². The molecule has 6 rings (SSSR count). The van der Waals surface area contributed by atoms with Crippen molar-refractivity contribution < 1.29 is 0 Å². The Morgan fingerprint density at radius 2 is 0.848 bits per heavy atom. The van der Waals surface area contributed by atoms with Crippen LogP contribution in [0.5, 0.6) is 0 Å². The molecular formula is C33H26. The van der Waals surface area contributed by atoms with E-state index in [0.29, 0.717) is 5.92 Å². The molecule has 0 saturated heterocycles. The minimum absolute atomic E-state index is 0.446. The second-order valence-corrected chi connectivity index (χ2v) is 9.11. The smallest absolute Gasteiger partial charge is 0.00204 e. The van der Waals surface area contributed by atoms with Crippen molar-refractivity contribution in [2.75, 3.05) is 0 Å². The van der Waals surface area contributed by atoms with Crippen molar-refractivity contribution in [3.05, 3.63) is 121 Å². The Morgan fingerprint density at radius 1 is 0.394 bits per heavy atom. The molecule has 0 fully saturated rings. The quantitative estimate of drug-likeness (QED) is 0.249. The van der Waals surface area contributed by atoms with Crippen molar-refractivity contribution in [3.63, 3.8) is 0 Å². The van der Waals surface area contributed by atoms with Gasteiger partial charge < -0.3 is 0 Å². The molecule has 0 aliphatic rings. The molecule has 0 saturated carbocycles. The van der Waals surface area contributed by atoms with Crippen molar-refractivity contribution in [1.82, 2.24) is 0 Å². The highest BCUT2D eigenvalue weighted by Crippen LogP contribution is 2.45.